The van der Waals surface area contributed by atoms with E-state index in [1.54, 1.807) is 11.3 Å². The van der Waals surface area contributed by atoms with E-state index >= 15 is 0 Å². The lowest BCUT2D eigenvalue weighted by Gasteiger charge is -2.51. The van der Waals surface area contributed by atoms with Gasteiger partial charge in [-0.05, 0) is 22.6 Å². The Kier molecular flexibility index (Phi) is 6.90. The number of fused-ring (bicyclic) bond motifs is 3. The Bertz CT molecular complexity index is 1090. The van der Waals surface area contributed by atoms with Crippen molar-refractivity contribution in [1.29, 1.82) is 0 Å². The third kappa shape index (κ3) is 5.14. The van der Waals surface area contributed by atoms with E-state index in [9.17, 15) is 9.59 Å². The van der Waals surface area contributed by atoms with E-state index in [1.165, 1.54) is 0 Å². The van der Waals surface area contributed by atoms with Crippen molar-refractivity contribution in [2.24, 2.45) is 5.92 Å². The van der Waals surface area contributed by atoms with Crippen LogP contribution in [0.2, 0.25) is 0 Å². The highest BCUT2D eigenvalue weighted by Gasteiger charge is 2.49. The SMILES string of the molecule is O=C(C[N+]12CCC(CC1)[C@@H](OC(=O)C(NCc1ccccc1)c1ccccc1)C2)c1ccsc1. The number of piperidine rings is 3. The van der Waals surface area contributed by atoms with Crippen LogP contribution in [0.15, 0.2) is 77.5 Å². The van der Waals surface area contributed by atoms with Crippen LogP contribution in [0.3, 0.4) is 0 Å². The Labute approximate surface area is 205 Å². The number of Topliss-reactive ketones (excluding diaryl/α,β-unsaturated/α-hetero) is 1. The molecule has 176 valence electrons. The summed E-state index contributed by atoms with van der Waals surface area (Å²) in [7, 11) is 0. The Morgan fingerprint density at radius 3 is 2.38 bits per heavy atom. The topological polar surface area (TPSA) is 55.4 Å². The number of quaternary nitrogens is 1. The zero-order chi connectivity index (χ0) is 23.4. The fourth-order valence-electron chi connectivity index (χ4n) is 5.41. The van der Waals surface area contributed by atoms with Gasteiger partial charge in [0.15, 0.2) is 6.10 Å². The zero-order valence-corrected chi connectivity index (χ0v) is 20.1. The molecule has 6 rings (SSSR count). The summed E-state index contributed by atoms with van der Waals surface area (Å²) >= 11 is 1.56. The van der Waals surface area contributed by atoms with Crippen molar-refractivity contribution in [1.82, 2.24) is 5.32 Å². The Balaban J connectivity index is 1.28. The normalized spacial score (nSPS) is 24.5. The van der Waals surface area contributed by atoms with Gasteiger partial charge in [0.1, 0.15) is 19.1 Å². The molecule has 0 aliphatic carbocycles. The van der Waals surface area contributed by atoms with Crippen LogP contribution in [-0.4, -0.2) is 48.5 Å². The Morgan fingerprint density at radius 1 is 1.00 bits per heavy atom. The van der Waals surface area contributed by atoms with E-state index in [1.807, 2.05) is 77.5 Å². The molecule has 34 heavy (non-hydrogen) atoms. The minimum absolute atomic E-state index is 0.144. The van der Waals surface area contributed by atoms with Crippen LogP contribution in [0.5, 0.6) is 0 Å². The van der Waals surface area contributed by atoms with Crippen molar-refractivity contribution in [2.45, 2.75) is 31.5 Å². The number of hydrogen-bond acceptors (Lipinski definition) is 5. The second-order valence-corrected chi connectivity index (χ2v) is 10.4. The lowest BCUT2D eigenvalue weighted by Crippen LogP contribution is -2.65. The molecule has 3 aliphatic rings. The van der Waals surface area contributed by atoms with Crippen LogP contribution in [0.25, 0.3) is 0 Å². The van der Waals surface area contributed by atoms with E-state index < -0.39 is 6.04 Å². The van der Waals surface area contributed by atoms with Crippen LogP contribution in [-0.2, 0) is 16.1 Å². The van der Waals surface area contributed by atoms with Crippen molar-refractivity contribution < 1.29 is 18.8 Å². The molecule has 3 saturated heterocycles. The van der Waals surface area contributed by atoms with Gasteiger partial charge in [-0.1, -0.05) is 60.7 Å². The second-order valence-electron chi connectivity index (χ2n) is 9.59. The number of ether oxygens (including phenoxy) is 1. The highest BCUT2D eigenvalue weighted by Crippen LogP contribution is 2.36. The molecule has 0 radical (unpaired) electrons. The van der Waals surface area contributed by atoms with Crippen molar-refractivity contribution in [3.63, 3.8) is 0 Å². The first-order valence-corrected chi connectivity index (χ1v) is 13.0. The molecule has 6 heteroatoms. The molecule has 4 heterocycles. The predicted molar refractivity (Wildman–Crippen MR) is 133 cm³/mol. The van der Waals surface area contributed by atoms with E-state index in [-0.39, 0.29) is 17.9 Å². The summed E-state index contributed by atoms with van der Waals surface area (Å²) in [5, 5.41) is 7.29. The summed E-state index contributed by atoms with van der Waals surface area (Å²) in [5.74, 6) is 0.340. The minimum atomic E-state index is -0.530. The summed E-state index contributed by atoms with van der Waals surface area (Å²) in [6.07, 6.45) is 1.86. The highest BCUT2D eigenvalue weighted by molar-refractivity contribution is 7.08. The van der Waals surface area contributed by atoms with Gasteiger partial charge in [-0.25, -0.2) is 4.79 Å². The number of hydrogen-bond donors (Lipinski definition) is 1. The van der Waals surface area contributed by atoms with Gasteiger partial charge in [0.25, 0.3) is 0 Å². The number of benzene rings is 2. The zero-order valence-electron chi connectivity index (χ0n) is 19.3. The number of thiophene rings is 1. The molecule has 1 aromatic heterocycles. The maximum absolute atomic E-state index is 13.5. The van der Waals surface area contributed by atoms with Crippen LogP contribution in [0.1, 0.15) is 40.4 Å². The maximum atomic E-state index is 13.5. The molecule has 3 fully saturated rings. The quantitative estimate of drug-likeness (QED) is 0.279. The van der Waals surface area contributed by atoms with Gasteiger partial charge in [0, 0.05) is 36.2 Å². The average molecular weight is 476 g/mol. The molecule has 3 aliphatic heterocycles. The van der Waals surface area contributed by atoms with Gasteiger partial charge in [0.2, 0.25) is 5.78 Å². The number of carbonyl (C=O) groups excluding carboxylic acids is 2. The number of ketones is 1. The smallest absolute Gasteiger partial charge is 0.328 e. The lowest BCUT2D eigenvalue weighted by atomic mass is 9.82. The molecular weight excluding hydrogens is 444 g/mol. The first kappa shape index (κ1) is 23.0. The van der Waals surface area contributed by atoms with Gasteiger partial charge in [-0.2, -0.15) is 11.3 Å². The number of nitrogens with one attached hydrogen (secondary N) is 1. The van der Waals surface area contributed by atoms with E-state index in [2.05, 4.69) is 5.32 Å². The molecular formula is C28H31N2O3S+. The van der Waals surface area contributed by atoms with Gasteiger partial charge >= 0.3 is 5.97 Å². The Morgan fingerprint density at radius 2 is 1.71 bits per heavy atom. The molecule has 2 bridgehead atoms. The van der Waals surface area contributed by atoms with E-state index in [4.69, 9.17) is 4.74 Å². The molecule has 0 saturated carbocycles. The van der Waals surface area contributed by atoms with E-state index in [0.717, 1.165) is 53.6 Å². The van der Waals surface area contributed by atoms with Gasteiger partial charge in [-0.15, -0.1) is 0 Å². The first-order valence-electron chi connectivity index (χ1n) is 12.1. The fourth-order valence-corrected chi connectivity index (χ4v) is 6.07. The summed E-state index contributed by atoms with van der Waals surface area (Å²) in [6.45, 7) is 3.78. The van der Waals surface area contributed by atoms with Crippen molar-refractivity contribution in [2.75, 3.05) is 26.2 Å². The molecule has 2 atom stereocenters. The third-order valence-corrected chi connectivity index (χ3v) is 8.04. The van der Waals surface area contributed by atoms with E-state index in [0.29, 0.717) is 19.0 Å². The summed E-state index contributed by atoms with van der Waals surface area (Å²) in [4.78, 5) is 26.3. The van der Waals surface area contributed by atoms with Gasteiger partial charge < -0.3 is 9.22 Å². The largest absolute Gasteiger partial charge is 0.455 e. The van der Waals surface area contributed by atoms with Crippen LogP contribution in [0, 0.1) is 5.92 Å². The molecule has 1 N–H and O–H groups in total. The first-order chi connectivity index (χ1) is 16.6. The molecule has 5 nitrogen and oxygen atoms in total. The minimum Gasteiger partial charge on any atom is -0.455 e. The van der Waals surface area contributed by atoms with Crippen LogP contribution < -0.4 is 5.32 Å². The number of esters is 1. The second kappa shape index (κ2) is 10.2. The number of carbonyl (C=O) groups is 2. The van der Waals surface area contributed by atoms with Crippen molar-refractivity contribution in [3.8, 4) is 0 Å². The highest BCUT2D eigenvalue weighted by atomic mass is 32.1. The van der Waals surface area contributed by atoms with Crippen molar-refractivity contribution >= 4 is 23.1 Å². The van der Waals surface area contributed by atoms with Crippen LogP contribution in [0.4, 0.5) is 0 Å². The van der Waals surface area contributed by atoms with Gasteiger partial charge in [0.05, 0.1) is 13.1 Å². The van der Waals surface area contributed by atoms with Crippen molar-refractivity contribution in [3.05, 3.63) is 94.2 Å². The fraction of sp³-hybridized carbons (Fsp3) is 0.357. The monoisotopic (exact) mass is 475 g/mol. The van der Waals surface area contributed by atoms with Crippen LogP contribution >= 0.6 is 11.3 Å². The lowest BCUT2D eigenvalue weighted by molar-refractivity contribution is -0.938. The predicted octanol–water partition coefficient (Wildman–Crippen LogP) is 4.61. The standard InChI is InChI=1S/C28H31N2O3S/c31-25(24-13-16-34-20-24)18-30-14-11-22(12-15-30)26(19-30)33-28(32)27(23-9-5-2-6-10-23)29-17-21-7-3-1-4-8-21/h1-10,13,16,20,22,26-27,29H,11-12,14-15,17-19H2/q+1/t22?,26-,27?,30?/m0/s1. The third-order valence-electron chi connectivity index (χ3n) is 7.35. The number of rotatable bonds is 9. The Hall–Kier alpha value is -2.80. The molecule has 3 aromatic rings. The number of nitrogens with zero attached hydrogens (tertiary/aromatic N) is 1. The summed E-state index contributed by atoms with van der Waals surface area (Å²) < 4.78 is 6.93. The average Bonchev–Trinajstić information content (AvgIpc) is 3.41. The molecule has 2 aromatic carbocycles. The molecule has 1 unspecified atom stereocenters. The molecule has 0 amide bonds. The summed E-state index contributed by atoms with van der Waals surface area (Å²) in [5.41, 5.74) is 2.82. The maximum Gasteiger partial charge on any atom is 0.328 e. The summed E-state index contributed by atoms with van der Waals surface area (Å²) in [6, 6.07) is 21.2. The van der Waals surface area contributed by atoms with Gasteiger partial charge in [-0.3, -0.25) is 10.1 Å². The molecule has 0 spiro atoms.